The minimum Gasteiger partial charge on any atom is -0.486 e. The maximum atomic E-state index is 5.91. The summed E-state index contributed by atoms with van der Waals surface area (Å²) in [6.45, 7) is 8.52. The van der Waals surface area contributed by atoms with Crippen LogP contribution in [-0.2, 0) is 11.3 Å². The van der Waals surface area contributed by atoms with Crippen LogP contribution < -0.4 is 9.47 Å². The third-order valence-corrected chi connectivity index (χ3v) is 4.53. The first-order chi connectivity index (χ1) is 12.2. The highest BCUT2D eigenvalue weighted by atomic mass is 16.6. The van der Waals surface area contributed by atoms with Gasteiger partial charge in [0.05, 0.1) is 6.61 Å². The molecular formula is C18H24N4O3. The van der Waals surface area contributed by atoms with E-state index in [0.29, 0.717) is 25.7 Å². The van der Waals surface area contributed by atoms with E-state index in [1.54, 1.807) is 0 Å². The first-order valence-electron chi connectivity index (χ1n) is 8.84. The number of nitrogens with zero attached hydrogens (tertiary/aromatic N) is 3. The molecule has 0 bridgehead atoms. The van der Waals surface area contributed by atoms with Gasteiger partial charge in [-0.1, -0.05) is 26.0 Å². The molecular weight excluding hydrogens is 320 g/mol. The summed E-state index contributed by atoms with van der Waals surface area (Å²) < 4.78 is 17.4. The van der Waals surface area contributed by atoms with E-state index in [-0.39, 0.29) is 6.10 Å². The lowest BCUT2D eigenvalue weighted by atomic mass is 10.1. The molecule has 1 aromatic carbocycles. The van der Waals surface area contributed by atoms with Gasteiger partial charge in [0.15, 0.2) is 23.1 Å². The number of morpholine rings is 1. The van der Waals surface area contributed by atoms with Crippen molar-refractivity contribution in [2.45, 2.75) is 32.4 Å². The molecule has 1 unspecified atom stereocenters. The van der Waals surface area contributed by atoms with E-state index in [4.69, 9.17) is 14.2 Å². The van der Waals surface area contributed by atoms with Crippen LogP contribution in [0.25, 0.3) is 0 Å². The number of benzene rings is 1. The number of nitrogens with one attached hydrogen (secondary N) is 1. The van der Waals surface area contributed by atoms with E-state index in [1.807, 2.05) is 12.1 Å². The van der Waals surface area contributed by atoms with Gasteiger partial charge in [0.2, 0.25) is 0 Å². The quantitative estimate of drug-likeness (QED) is 0.917. The Balaban J connectivity index is 1.46. The van der Waals surface area contributed by atoms with E-state index in [0.717, 1.165) is 48.3 Å². The summed E-state index contributed by atoms with van der Waals surface area (Å²) >= 11 is 0. The third-order valence-electron chi connectivity index (χ3n) is 4.53. The van der Waals surface area contributed by atoms with Gasteiger partial charge < -0.3 is 14.2 Å². The predicted octanol–water partition coefficient (Wildman–Crippen LogP) is 2.27. The number of rotatable bonds is 4. The van der Waals surface area contributed by atoms with Crippen molar-refractivity contribution in [1.29, 1.82) is 0 Å². The van der Waals surface area contributed by atoms with Crippen molar-refractivity contribution in [2.24, 2.45) is 0 Å². The first kappa shape index (κ1) is 16.4. The van der Waals surface area contributed by atoms with Gasteiger partial charge in [-0.25, -0.2) is 4.98 Å². The summed E-state index contributed by atoms with van der Waals surface area (Å²) in [5.74, 6) is 3.66. The molecule has 0 radical (unpaired) electrons. The predicted molar refractivity (Wildman–Crippen MR) is 91.9 cm³/mol. The van der Waals surface area contributed by atoms with Crippen LogP contribution in [0.5, 0.6) is 11.5 Å². The summed E-state index contributed by atoms with van der Waals surface area (Å²) in [6, 6.07) is 6.08. The maximum absolute atomic E-state index is 5.91. The molecule has 4 rings (SSSR count). The Morgan fingerprint density at radius 1 is 1.24 bits per heavy atom. The molecule has 1 saturated heterocycles. The summed E-state index contributed by atoms with van der Waals surface area (Å²) in [6.07, 6.45) is -0.0783. The first-order valence-corrected chi connectivity index (χ1v) is 8.84. The largest absolute Gasteiger partial charge is 0.486 e. The summed E-state index contributed by atoms with van der Waals surface area (Å²) in [5, 5.41) is 7.32. The van der Waals surface area contributed by atoms with Gasteiger partial charge in [-0.15, -0.1) is 0 Å². The summed E-state index contributed by atoms with van der Waals surface area (Å²) in [7, 11) is 0. The number of hydrogen-bond donors (Lipinski definition) is 1. The Morgan fingerprint density at radius 3 is 2.96 bits per heavy atom. The average molecular weight is 344 g/mol. The number of aromatic nitrogens is 3. The number of H-pyrrole nitrogens is 1. The molecule has 0 spiro atoms. The minimum atomic E-state index is -0.0783. The second-order valence-electron chi connectivity index (χ2n) is 6.77. The lowest BCUT2D eigenvalue weighted by Crippen LogP contribution is -2.38. The minimum absolute atomic E-state index is 0.0783. The van der Waals surface area contributed by atoms with Crippen molar-refractivity contribution in [3.05, 3.63) is 35.4 Å². The van der Waals surface area contributed by atoms with Crippen molar-refractivity contribution in [3.63, 3.8) is 0 Å². The molecule has 1 fully saturated rings. The van der Waals surface area contributed by atoms with E-state index in [9.17, 15) is 0 Å². The van der Waals surface area contributed by atoms with Crippen molar-refractivity contribution in [2.75, 3.05) is 32.9 Å². The van der Waals surface area contributed by atoms with E-state index in [1.165, 1.54) is 0 Å². The maximum Gasteiger partial charge on any atom is 0.165 e. The highest BCUT2D eigenvalue weighted by Crippen LogP contribution is 2.35. The Kier molecular flexibility index (Phi) is 4.59. The van der Waals surface area contributed by atoms with E-state index in [2.05, 4.69) is 40.0 Å². The number of ether oxygens (including phenoxy) is 3. The Labute approximate surface area is 147 Å². The second kappa shape index (κ2) is 7.01. The molecule has 0 aliphatic carbocycles. The fourth-order valence-corrected chi connectivity index (χ4v) is 3.20. The van der Waals surface area contributed by atoms with Gasteiger partial charge in [-0.3, -0.25) is 10.00 Å². The van der Waals surface area contributed by atoms with Crippen molar-refractivity contribution < 1.29 is 14.2 Å². The van der Waals surface area contributed by atoms with Crippen LogP contribution in [0.1, 0.15) is 43.1 Å². The molecule has 7 nitrogen and oxygen atoms in total. The molecule has 2 aliphatic rings. The van der Waals surface area contributed by atoms with Gasteiger partial charge in [0.25, 0.3) is 0 Å². The van der Waals surface area contributed by atoms with Crippen LogP contribution in [0, 0.1) is 0 Å². The highest BCUT2D eigenvalue weighted by Gasteiger charge is 2.26. The second-order valence-corrected chi connectivity index (χ2v) is 6.77. The molecule has 1 aromatic heterocycles. The molecule has 1 atom stereocenters. The van der Waals surface area contributed by atoms with Crippen molar-refractivity contribution in [1.82, 2.24) is 20.1 Å². The van der Waals surface area contributed by atoms with Crippen LogP contribution in [0.3, 0.4) is 0 Å². The standard InChI is InChI=1S/C18H24N4O3/c1-12(2)17-19-18(21-20-17)15-11-22(6-7-23-15)10-13-4-3-5-14-16(13)25-9-8-24-14/h3-5,12,15H,6-11H2,1-2H3,(H,19,20,21). The summed E-state index contributed by atoms with van der Waals surface area (Å²) in [4.78, 5) is 6.94. The third kappa shape index (κ3) is 3.48. The van der Waals surface area contributed by atoms with Gasteiger partial charge in [-0.2, -0.15) is 5.10 Å². The average Bonchev–Trinajstić information content (AvgIpc) is 3.13. The molecule has 2 aromatic rings. The molecule has 1 N–H and O–H groups in total. The molecule has 2 aliphatic heterocycles. The smallest absolute Gasteiger partial charge is 0.165 e. The van der Waals surface area contributed by atoms with E-state index >= 15 is 0 Å². The highest BCUT2D eigenvalue weighted by molar-refractivity contribution is 5.47. The van der Waals surface area contributed by atoms with Crippen molar-refractivity contribution >= 4 is 0 Å². The van der Waals surface area contributed by atoms with Crippen LogP contribution >= 0.6 is 0 Å². The van der Waals surface area contributed by atoms with Crippen LogP contribution in [0.2, 0.25) is 0 Å². The molecule has 25 heavy (non-hydrogen) atoms. The Hall–Kier alpha value is -2.12. The van der Waals surface area contributed by atoms with Gasteiger partial charge in [0.1, 0.15) is 19.3 Å². The topological polar surface area (TPSA) is 72.5 Å². The number of para-hydroxylation sites is 1. The zero-order chi connectivity index (χ0) is 17.2. The van der Waals surface area contributed by atoms with Crippen LogP contribution in [0.4, 0.5) is 0 Å². The number of aromatic amines is 1. The van der Waals surface area contributed by atoms with Gasteiger partial charge in [-0.05, 0) is 6.07 Å². The zero-order valence-corrected chi connectivity index (χ0v) is 14.7. The van der Waals surface area contributed by atoms with Crippen molar-refractivity contribution in [3.8, 4) is 11.5 Å². The molecule has 7 heteroatoms. The normalized spacial score (nSPS) is 20.8. The SMILES string of the molecule is CC(C)c1n[nH]c(C2CN(Cc3cccc4c3OCCO4)CCO2)n1. The Morgan fingerprint density at radius 2 is 2.12 bits per heavy atom. The lowest BCUT2D eigenvalue weighted by Gasteiger charge is -2.32. The molecule has 134 valence electrons. The Bertz CT molecular complexity index is 731. The van der Waals surface area contributed by atoms with Gasteiger partial charge in [0, 0.05) is 31.1 Å². The number of fused-ring (bicyclic) bond motifs is 1. The van der Waals surface area contributed by atoms with Crippen LogP contribution in [0.15, 0.2) is 18.2 Å². The summed E-state index contributed by atoms with van der Waals surface area (Å²) in [5.41, 5.74) is 1.15. The fourth-order valence-electron chi connectivity index (χ4n) is 3.20. The van der Waals surface area contributed by atoms with Crippen LogP contribution in [-0.4, -0.2) is 53.0 Å². The lowest BCUT2D eigenvalue weighted by molar-refractivity contribution is -0.0373. The van der Waals surface area contributed by atoms with E-state index < -0.39 is 0 Å². The molecule has 0 amide bonds. The number of hydrogen-bond acceptors (Lipinski definition) is 6. The fraction of sp³-hybridized carbons (Fsp3) is 0.556. The van der Waals surface area contributed by atoms with Gasteiger partial charge >= 0.3 is 0 Å². The molecule has 0 saturated carbocycles. The zero-order valence-electron chi connectivity index (χ0n) is 14.7. The molecule has 3 heterocycles. The monoisotopic (exact) mass is 344 g/mol.